The van der Waals surface area contributed by atoms with Gasteiger partial charge in [-0.25, -0.2) is 14.5 Å². The smallest absolute Gasteiger partial charge is 0.416 e. The molecule has 118 valence electrons. The van der Waals surface area contributed by atoms with E-state index in [1.165, 1.54) is 20.4 Å². The average molecular weight is 315 g/mol. The molecule has 0 saturated heterocycles. The number of aromatic nitrogens is 3. The first-order valence-corrected chi connectivity index (χ1v) is 6.06. The Bertz CT molecular complexity index is 683. The topological polar surface area (TPSA) is 66.2 Å². The van der Waals surface area contributed by atoms with Gasteiger partial charge in [0.1, 0.15) is 11.3 Å². The van der Waals surface area contributed by atoms with E-state index < -0.39 is 17.7 Å². The minimum absolute atomic E-state index is 0.0103. The fourth-order valence-electron chi connectivity index (χ4n) is 1.77. The molecule has 0 fully saturated rings. The fraction of sp³-hybridized carbons (Fsp3) is 0.308. The molecule has 0 radical (unpaired) electrons. The lowest BCUT2D eigenvalue weighted by Gasteiger charge is -2.07. The number of nitrogens with zero attached hydrogens (tertiary/aromatic N) is 3. The molecule has 0 aliphatic heterocycles. The van der Waals surface area contributed by atoms with Crippen molar-refractivity contribution in [2.45, 2.75) is 12.8 Å². The molecule has 2 heterocycles. The molecule has 22 heavy (non-hydrogen) atoms. The molecule has 0 N–H and O–H groups in total. The molecule has 0 atom stereocenters. The van der Waals surface area contributed by atoms with Gasteiger partial charge in [-0.3, -0.25) is 0 Å². The van der Waals surface area contributed by atoms with Crippen molar-refractivity contribution in [2.75, 3.05) is 14.2 Å². The molecule has 0 aliphatic carbocycles. The van der Waals surface area contributed by atoms with E-state index in [1.54, 1.807) is 0 Å². The van der Waals surface area contributed by atoms with Crippen LogP contribution in [0.25, 0.3) is 5.82 Å². The van der Waals surface area contributed by atoms with E-state index in [9.17, 15) is 18.0 Å². The lowest BCUT2D eigenvalue weighted by molar-refractivity contribution is -0.137. The van der Waals surface area contributed by atoms with Crippen LogP contribution in [0.5, 0.6) is 0 Å². The number of methoxy groups -OCH3 is 2. The number of carbonyl (C=O) groups excluding carboxylic acids is 1. The summed E-state index contributed by atoms with van der Waals surface area (Å²) in [7, 11) is 2.60. The second-order valence-electron chi connectivity index (χ2n) is 4.26. The minimum atomic E-state index is -4.49. The van der Waals surface area contributed by atoms with Crippen LogP contribution in [0.1, 0.15) is 21.6 Å². The van der Waals surface area contributed by atoms with Gasteiger partial charge in [-0.15, -0.1) is 0 Å². The fourth-order valence-corrected chi connectivity index (χ4v) is 1.77. The van der Waals surface area contributed by atoms with Crippen molar-refractivity contribution in [1.82, 2.24) is 14.8 Å². The summed E-state index contributed by atoms with van der Waals surface area (Å²) in [6, 6.07) is 1.69. The van der Waals surface area contributed by atoms with E-state index in [0.717, 1.165) is 23.0 Å². The van der Waals surface area contributed by atoms with E-state index in [0.29, 0.717) is 0 Å². The summed E-state index contributed by atoms with van der Waals surface area (Å²) in [5.74, 6) is -0.729. The van der Waals surface area contributed by atoms with Crippen LogP contribution in [0.2, 0.25) is 0 Å². The third-order valence-electron chi connectivity index (χ3n) is 2.78. The van der Waals surface area contributed by atoms with E-state index in [1.807, 2.05) is 0 Å². The van der Waals surface area contributed by atoms with Gasteiger partial charge in [-0.2, -0.15) is 18.3 Å². The molecular formula is C13H12F3N3O3. The Labute approximate surface area is 123 Å². The molecule has 2 aromatic rings. The number of hydrogen-bond donors (Lipinski definition) is 0. The Morgan fingerprint density at radius 3 is 2.68 bits per heavy atom. The molecular weight excluding hydrogens is 303 g/mol. The van der Waals surface area contributed by atoms with Gasteiger partial charge in [-0.1, -0.05) is 0 Å². The number of esters is 1. The summed E-state index contributed by atoms with van der Waals surface area (Å²) >= 11 is 0. The first kappa shape index (κ1) is 16.0. The lowest BCUT2D eigenvalue weighted by atomic mass is 10.2. The van der Waals surface area contributed by atoms with Gasteiger partial charge in [0.25, 0.3) is 0 Å². The highest BCUT2D eigenvalue weighted by atomic mass is 19.4. The average Bonchev–Trinajstić information content (AvgIpc) is 2.90. The largest absolute Gasteiger partial charge is 0.465 e. The second kappa shape index (κ2) is 6.14. The predicted octanol–water partition coefficient (Wildman–Crippen LogP) is 2.22. The Balaban J connectivity index is 2.47. The predicted molar refractivity (Wildman–Crippen MR) is 68.4 cm³/mol. The van der Waals surface area contributed by atoms with Crippen LogP contribution < -0.4 is 0 Å². The molecule has 0 saturated carbocycles. The van der Waals surface area contributed by atoms with Crippen molar-refractivity contribution >= 4 is 5.97 Å². The maximum absolute atomic E-state index is 12.7. The molecule has 2 aromatic heterocycles. The number of rotatable bonds is 4. The zero-order valence-corrected chi connectivity index (χ0v) is 11.7. The Morgan fingerprint density at radius 1 is 1.36 bits per heavy atom. The van der Waals surface area contributed by atoms with E-state index >= 15 is 0 Å². The van der Waals surface area contributed by atoms with Crippen molar-refractivity contribution < 1.29 is 27.4 Å². The van der Waals surface area contributed by atoms with Crippen molar-refractivity contribution in [3.63, 3.8) is 0 Å². The molecule has 0 aromatic carbocycles. The van der Waals surface area contributed by atoms with E-state index in [-0.39, 0.29) is 23.7 Å². The van der Waals surface area contributed by atoms with Crippen molar-refractivity contribution in [3.05, 3.63) is 41.3 Å². The van der Waals surface area contributed by atoms with Gasteiger partial charge in [-0.05, 0) is 12.1 Å². The first-order chi connectivity index (χ1) is 10.4. The van der Waals surface area contributed by atoms with Crippen LogP contribution in [0, 0.1) is 0 Å². The molecule has 0 aliphatic rings. The second-order valence-corrected chi connectivity index (χ2v) is 4.26. The molecule has 0 amide bonds. The first-order valence-electron chi connectivity index (χ1n) is 6.06. The Morgan fingerprint density at radius 2 is 2.09 bits per heavy atom. The number of ether oxygens (including phenoxy) is 2. The highest BCUT2D eigenvalue weighted by molar-refractivity contribution is 5.90. The normalized spacial score (nSPS) is 11.5. The Kier molecular flexibility index (Phi) is 4.45. The van der Waals surface area contributed by atoms with Crippen molar-refractivity contribution in [3.8, 4) is 5.82 Å². The van der Waals surface area contributed by atoms with Gasteiger partial charge in [0.05, 0.1) is 19.3 Å². The molecule has 0 bridgehead atoms. The summed E-state index contributed by atoms with van der Waals surface area (Å²) in [5, 5.41) is 4.02. The molecule has 9 heteroatoms. The maximum Gasteiger partial charge on any atom is 0.416 e. The van der Waals surface area contributed by atoms with Crippen LogP contribution in [0.15, 0.2) is 24.5 Å². The molecule has 0 unspecified atom stereocenters. The zero-order chi connectivity index (χ0) is 16.3. The standard InChI is InChI=1S/C13H12F3N3O3/c1-21-7-10-9(12(20)22-2)6-19(18-10)11-5-8(3-4-17-11)13(14,15)16/h3-6H,7H2,1-2H3. The van der Waals surface area contributed by atoms with Gasteiger partial charge in [0.15, 0.2) is 5.82 Å². The van der Waals surface area contributed by atoms with Gasteiger partial charge in [0.2, 0.25) is 0 Å². The number of pyridine rings is 1. The summed E-state index contributed by atoms with van der Waals surface area (Å²) in [6.45, 7) is 0.0103. The Hall–Kier alpha value is -2.42. The minimum Gasteiger partial charge on any atom is -0.465 e. The summed E-state index contributed by atoms with van der Waals surface area (Å²) in [5.41, 5.74) is -0.516. The SMILES string of the molecule is COCc1nn(-c2cc(C(F)(F)F)ccn2)cc1C(=O)OC. The quantitative estimate of drug-likeness (QED) is 0.809. The number of hydrogen-bond acceptors (Lipinski definition) is 5. The summed E-state index contributed by atoms with van der Waals surface area (Å²) in [4.78, 5) is 15.5. The van der Waals surface area contributed by atoms with Crippen LogP contribution >= 0.6 is 0 Å². The van der Waals surface area contributed by atoms with Crippen molar-refractivity contribution in [1.29, 1.82) is 0 Å². The van der Waals surface area contributed by atoms with Crippen LogP contribution in [-0.2, 0) is 22.3 Å². The number of halogens is 3. The zero-order valence-electron chi connectivity index (χ0n) is 11.7. The monoisotopic (exact) mass is 315 g/mol. The number of alkyl halides is 3. The lowest BCUT2D eigenvalue weighted by Crippen LogP contribution is -2.07. The molecule has 2 rings (SSSR count). The van der Waals surface area contributed by atoms with Crippen LogP contribution in [-0.4, -0.2) is 35.0 Å². The molecule has 0 spiro atoms. The molecule has 6 nitrogen and oxygen atoms in total. The maximum atomic E-state index is 12.7. The highest BCUT2D eigenvalue weighted by Crippen LogP contribution is 2.29. The summed E-state index contributed by atoms with van der Waals surface area (Å²) in [6.07, 6.45) is -2.22. The van der Waals surface area contributed by atoms with E-state index in [2.05, 4.69) is 14.8 Å². The van der Waals surface area contributed by atoms with Gasteiger partial charge >= 0.3 is 12.1 Å². The third-order valence-corrected chi connectivity index (χ3v) is 2.78. The van der Waals surface area contributed by atoms with Gasteiger partial charge in [0, 0.05) is 19.5 Å². The highest BCUT2D eigenvalue weighted by Gasteiger charge is 2.31. The van der Waals surface area contributed by atoms with E-state index in [4.69, 9.17) is 4.74 Å². The van der Waals surface area contributed by atoms with Crippen molar-refractivity contribution in [2.24, 2.45) is 0 Å². The summed E-state index contributed by atoms with van der Waals surface area (Å²) < 4.78 is 48.7. The third kappa shape index (κ3) is 3.25. The van der Waals surface area contributed by atoms with Gasteiger partial charge < -0.3 is 9.47 Å². The number of carbonyl (C=O) groups is 1. The van der Waals surface area contributed by atoms with Crippen LogP contribution in [0.4, 0.5) is 13.2 Å². The van der Waals surface area contributed by atoms with Crippen LogP contribution in [0.3, 0.4) is 0 Å².